The molecule has 0 aliphatic rings. The number of aliphatic carboxylic acids is 1. The van der Waals surface area contributed by atoms with Gasteiger partial charge in [0.05, 0.1) is 0 Å². The summed E-state index contributed by atoms with van der Waals surface area (Å²) in [7, 11) is 0. The largest absolute Gasteiger partial charge is 0.478 e. The van der Waals surface area contributed by atoms with Crippen molar-refractivity contribution < 1.29 is 89.7 Å². The van der Waals surface area contributed by atoms with E-state index in [0.717, 1.165) is 0 Å². The molecule has 0 rings (SSSR count). The van der Waals surface area contributed by atoms with E-state index in [-0.39, 0.29) is 12.2 Å². The number of carbonyl (C=O) groups is 2. The molecule has 0 atom stereocenters. The minimum absolute atomic E-state index is 0.201. The van der Waals surface area contributed by atoms with Gasteiger partial charge in [-0.25, -0.2) is 18.4 Å². The fourth-order valence-electron chi connectivity index (χ4n) is 1.61. The number of esters is 1. The molecule has 0 aromatic carbocycles. The molecule has 0 amide bonds. The number of ether oxygens (including phenoxy) is 1. The van der Waals surface area contributed by atoms with Crippen molar-refractivity contribution in [3.63, 3.8) is 0 Å². The van der Waals surface area contributed by atoms with E-state index in [2.05, 4.69) is 4.74 Å². The van der Waals surface area contributed by atoms with E-state index in [0.29, 0.717) is 0 Å². The maximum absolute atomic E-state index is 13.4. The smallest absolute Gasteiger partial charge is 0.385 e. The Morgan fingerprint density at radius 3 is 1.39 bits per heavy atom. The lowest BCUT2D eigenvalue weighted by molar-refractivity contribution is -0.447. The predicted molar refractivity (Wildman–Crippen MR) is 68.4 cm³/mol. The summed E-state index contributed by atoms with van der Waals surface area (Å²) < 4.78 is 212. The number of carboxylic acids is 1. The maximum atomic E-state index is 13.4. The van der Waals surface area contributed by atoms with Gasteiger partial charge in [-0.05, 0) is 0 Å². The van der Waals surface area contributed by atoms with Crippen LogP contribution in [-0.2, 0) is 14.3 Å². The van der Waals surface area contributed by atoms with Gasteiger partial charge in [-0.1, -0.05) is 0 Å². The highest BCUT2D eigenvalue weighted by Crippen LogP contribution is 2.62. The van der Waals surface area contributed by atoms with Crippen LogP contribution in [0, 0.1) is 0 Å². The van der Waals surface area contributed by atoms with Crippen LogP contribution in [0.15, 0.2) is 12.2 Å². The predicted octanol–water partition coefficient (Wildman–Crippen LogP) is 4.88. The van der Waals surface area contributed by atoms with Crippen LogP contribution >= 0.6 is 0 Å². The Morgan fingerprint density at radius 2 is 1.03 bits per heavy atom. The molecule has 0 bridgehead atoms. The van der Waals surface area contributed by atoms with E-state index in [1.807, 2.05) is 0 Å². The Bertz CT molecular complexity index is 772. The molecule has 4 nitrogen and oxygen atoms in total. The third-order valence-electron chi connectivity index (χ3n) is 3.49. The molecule has 33 heavy (non-hydrogen) atoms. The van der Waals surface area contributed by atoms with Gasteiger partial charge in [0.25, 0.3) is 0 Å². The van der Waals surface area contributed by atoms with Gasteiger partial charge in [-0.15, -0.1) is 0 Å². The first-order valence-electron chi connectivity index (χ1n) is 7.26. The number of alkyl halides is 16. The first kappa shape index (κ1) is 30.6. The van der Waals surface area contributed by atoms with E-state index < -0.39 is 66.4 Å². The Balaban J connectivity index is 6.29. The summed E-state index contributed by atoms with van der Waals surface area (Å²) in [6.07, 6.45) is -6.46. The fraction of sp³-hybridized carbons (Fsp3) is 0.692. The summed E-state index contributed by atoms with van der Waals surface area (Å²) in [6, 6.07) is 0. The van der Waals surface area contributed by atoms with Crippen molar-refractivity contribution in [3.05, 3.63) is 12.2 Å². The molecule has 0 aromatic rings. The quantitative estimate of drug-likeness (QED) is 0.235. The second-order valence-electron chi connectivity index (χ2n) is 5.78. The highest BCUT2D eigenvalue weighted by molar-refractivity contribution is 5.90. The van der Waals surface area contributed by atoms with Crippen LogP contribution in [0.5, 0.6) is 0 Å². The lowest BCUT2D eigenvalue weighted by Crippen LogP contribution is -2.74. The third-order valence-corrected chi connectivity index (χ3v) is 3.49. The number of rotatable bonds is 11. The monoisotopic (exact) mass is 530 g/mol. The zero-order chi connectivity index (χ0) is 27.1. The van der Waals surface area contributed by atoms with Crippen LogP contribution in [0.2, 0.25) is 0 Å². The van der Waals surface area contributed by atoms with Crippen LogP contribution < -0.4 is 0 Å². The van der Waals surface area contributed by atoms with E-state index >= 15 is 0 Å². The minimum Gasteiger partial charge on any atom is -0.478 e. The summed E-state index contributed by atoms with van der Waals surface area (Å²) >= 11 is 0. The van der Waals surface area contributed by atoms with Gasteiger partial charge in [-0.3, -0.25) is 0 Å². The number of hydrogen-bond acceptors (Lipinski definition) is 3. The Hall–Kier alpha value is -2.44. The van der Waals surface area contributed by atoms with Gasteiger partial charge in [0.1, 0.15) is 0 Å². The van der Waals surface area contributed by atoms with Crippen LogP contribution in [0.3, 0.4) is 0 Å². The minimum atomic E-state index is -8.55. The van der Waals surface area contributed by atoms with Crippen molar-refractivity contribution in [2.45, 2.75) is 47.9 Å². The van der Waals surface area contributed by atoms with Crippen molar-refractivity contribution >= 4 is 11.9 Å². The highest BCUT2D eigenvalue weighted by atomic mass is 19.4. The van der Waals surface area contributed by atoms with Gasteiger partial charge >= 0.3 is 59.8 Å². The SMILES string of the molecule is O=C(O)/C=C\C(=O)OCC(F)(F)C(F)(F)C(F)(F)C(F)(F)C(F)(F)C(F)(F)C(F)(F)C(F)F. The highest BCUT2D eigenvalue weighted by Gasteiger charge is 2.93. The van der Waals surface area contributed by atoms with Crippen LogP contribution in [0.4, 0.5) is 70.2 Å². The summed E-state index contributed by atoms with van der Waals surface area (Å²) in [5.74, 6) is -60.2. The fourth-order valence-corrected chi connectivity index (χ4v) is 1.61. The molecule has 1 N–H and O–H groups in total. The lowest BCUT2D eigenvalue weighted by atomic mass is 9.89. The number of halogens is 16. The average Bonchev–Trinajstić information content (AvgIpc) is 2.63. The van der Waals surface area contributed by atoms with Gasteiger partial charge in [0.15, 0.2) is 6.61 Å². The van der Waals surface area contributed by atoms with E-state index in [4.69, 9.17) is 5.11 Å². The lowest BCUT2D eigenvalue weighted by Gasteiger charge is -2.42. The molecule has 0 spiro atoms. The standard InChI is InChI=1S/C13H6F16O4/c14-6(15)8(18,19)10(22,23)12(26,27)13(28,29)11(24,25)9(20,21)7(16,17)3-33-5(32)2-1-4(30)31/h1-2,6H,3H2,(H,30,31)/b2-1-. The molecule has 0 aromatic heterocycles. The molecule has 0 radical (unpaired) electrons. The molecule has 0 saturated carbocycles. The Morgan fingerprint density at radius 1 is 0.667 bits per heavy atom. The molecule has 0 fully saturated rings. The molecular weight excluding hydrogens is 524 g/mol. The number of carbonyl (C=O) groups excluding carboxylic acids is 1. The van der Waals surface area contributed by atoms with Crippen molar-refractivity contribution in [2.24, 2.45) is 0 Å². The van der Waals surface area contributed by atoms with E-state index in [1.165, 1.54) is 0 Å². The summed E-state index contributed by atoms with van der Waals surface area (Å²) in [4.78, 5) is 20.8. The maximum Gasteiger partial charge on any atom is 0.385 e. The molecule has 0 saturated heterocycles. The Labute approximate surface area is 169 Å². The summed E-state index contributed by atoms with van der Waals surface area (Å²) in [5, 5.41) is 8.07. The first-order chi connectivity index (χ1) is 14.3. The van der Waals surface area contributed by atoms with Gasteiger partial charge in [0, 0.05) is 12.2 Å². The van der Waals surface area contributed by atoms with Gasteiger partial charge in [0.2, 0.25) is 0 Å². The zero-order valence-electron chi connectivity index (χ0n) is 14.7. The molecule has 0 heterocycles. The van der Waals surface area contributed by atoms with Crippen molar-refractivity contribution in [3.8, 4) is 0 Å². The molecule has 0 aliphatic carbocycles. The van der Waals surface area contributed by atoms with Crippen molar-refractivity contribution in [1.82, 2.24) is 0 Å². The second kappa shape index (κ2) is 8.73. The molecule has 20 heteroatoms. The number of carboxylic acid groups (broad SMARTS) is 1. The number of hydrogen-bond donors (Lipinski definition) is 1. The van der Waals surface area contributed by atoms with E-state index in [9.17, 15) is 79.8 Å². The van der Waals surface area contributed by atoms with Crippen LogP contribution in [0.25, 0.3) is 0 Å². The topological polar surface area (TPSA) is 63.6 Å². The molecule has 194 valence electrons. The third kappa shape index (κ3) is 4.78. The summed E-state index contributed by atoms with van der Waals surface area (Å²) in [5.41, 5.74) is 0. The normalized spacial score (nSPS) is 15.3. The van der Waals surface area contributed by atoms with Crippen molar-refractivity contribution in [1.29, 1.82) is 0 Å². The molecule has 0 aliphatic heterocycles. The molecule has 0 unspecified atom stereocenters. The average molecular weight is 530 g/mol. The zero-order valence-corrected chi connectivity index (χ0v) is 14.7. The first-order valence-corrected chi connectivity index (χ1v) is 7.26. The van der Waals surface area contributed by atoms with Crippen LogP contribution in [0.1, 0.15) is 0 Å². The van der Waals surface area contributed by atoms with Gasteiger partial charge in [-0.2, -0.15) is 61.5 Å². The van der Waals surface area contributed by atoms with Gasteiger partial charge < -0.3 is 9.84 Å². The summed E-state index contributed by atoms with van der Waals surface area (Å²) in [6.45, 7) is -3.39. The second-order valence-corrected chi connectivity index (χ2v) is 5.78. The Kier molecular flexibility index (Phi) is 8.08. The van der Waals surface area contributed by atoms with Crippen LogP contribution in [-0.4, -0.2) is 71.5 Å². The van der Waals surface area contributed by atoms with Crippen molar-refractivity contribution in [2.75, 3.05) is 6.61 Å². The molecular formula is C13H6F16O4. The van der Waals surface area contributed by atoms with E-state index in [1.54, 1.807) is 0 Å².